The molecule has 0 unspecified atom stereocenters. The van der Waals surface area contributed by atoms with Crippen LogP contribution in [-0.4, -0.2) is 28.0 Å². The molecular weight excluding hydrogens is 500 g/mol. The monoisotopic (exact) mass is 520 g/mol. The first-order valence-corrected chi connectivity index (χ1v) is 12.0. The summed E-state index contributed by atoms with van der Waals surface area (Å²) < 4.78 is 5.81. The molecule has 1 aliphatic rings. The zero-order valence-electron chi connectivity index (χ0n) is 19.8. The molecule has 0 radical (unpaired) electrons. The van der Waals surface area contributed by atoms with Crippen LogP contribution < -0.4 is 15.0 Å². The highest BCUT2D eigenvalue weighted by molar-refractivity contribution is 7.80. The molecule has 1 aliphatic heterocycles. The minimum absolute atomic E-state index is 0.00552. The molecule has 1 saturated heterocycles. The van der Waals surface area contributed by atoms with Crippen molar-refractivity contribution in [3.63, 3.8) is 0 Å². The Bertz CT molecular complexity index is 1560. The van der Waals surface area contributed by atoms with Crippen LogP contribution in [0.25, 0.3) is 17.2 Å². The number of carboxylic acids is 1. The van der Waals surface area contributed by atoms with Gasteiger partial charge in [0, 0.05) is 0 Å². The Labute approximate surface area is 223 Å². The predicted octanol–water partition coefficient (Wildman–Crippen LogP) is 5.68. The summed E-state index contributed by atoms with van der Waals surface area (Å²) in [7, 11) is 0. The van der Waals surface area contributed by atoms with E-state index in [9.17, 15) is 14.4 Å². The van der Waals surface area contributed by atoms with Crippen LogP contribution in [0.3, 0.4) is 0 Å². The van der Waals surface area contributed by atoms with Crippen molar-refractivity contribution in [2.24, 2.45) is 0 Å². The molecule has 1 heterocycles. The molecular formula is C30H20N2O5S. The molecule has 1 fully saturated rings. The third-order valence-electron chi connectivity index (χ3n) is 5.86. The maximum Gasteiger partial charge on any atom is 0.335 e. The van der Waals surface area contributed by atoms with Gasteiger partial charge in [-0.05, 0) is 83.5 Å². The first-order chi connectivity index (χ1) is 18.4. The summed E-state index contributed by atoms with van der Waals surface area (Å²) in [5, 5.41) is 11.7. The lowest BCUT2D eigenvalue weighted by atomic mass is 10.0. The number of para-hydroxylation sites is 1. The topological polar surface area (TPSA) is 95.9 Å². The summed E-state index contributed by atoms with van der Waals surface area (Å²) in [6.45, 7) is 0. The average Bonchev–Trinajstić information content (AvgIpc) is 2.93. The second-order valence-electron chi connectivity index (χ2n) is 8.37. The van der Waals surface area contributed by atoms with Gasteiger partial charge in [0.2, 0.25) is 0 Å². The number of ether oxygens (including phenoxy) is 1. The van der Waals surface area contributed by atoms with Gasteiger partial charge in [-0.15, -0.1) is 0 Å². The summed E-state index contributed by atoms with van der Waals surface area (Å²) in [4.78, 5) is 38.3. The van der Waals surface area contributed by atoms with Gasteiger partial charge in [0.05, 0.1) is 11.3 Å². The van der Waals surface area contributed by atoms with Gasteiger partial charge < -0.3 is 9.84 Å². The first-order valence-electron chi connectivity index (χ1n) is 11.6. The Morgan fingerprint density at radius 3 is 1.97 bits per heavy atom. The summed E-state index contributed by atoms with van der Waals surface area (Å²) in [5.41, 5.74) is 3.00. The quantitative estimate of drug-likeness (QED) is 0.193. The smallest absolute Gasteiger partial charge is 0.335 e. The van der Waals surface area contributed by atoms with Crippen LogP contribution in [0.2, 0.25) is 0 Å². The molecule has 5 rings (SSSR count). The Hall–Kier alpha value is -5.08. The lowest BCUT2D eigenvalue weighted by Gasteiger charge is -2.29. The van der Waals surface area contributed by atoms with Gasteiger partial charge in [0.25, 0.3) is 11.8 Å². The van der Waals surface area contributed by atoms with Crippen LogP contribution in [0.1, 0.15) is 15.9 Å². The van der Waals surface area contributed by atoms with E-state index >= 15 is 0 Å². The van der Waals surface area contributed by atoms with Gasteiger partial charge in [-0.25, -0.2) is 4.79 Å². The molecule has 0 spiro atoms. The normalized spacial score (nSPS) is 14.4. The van der Waals surface area contributed by atoms with Crippen LogP contribution in [0, 0.1) is 0 Å². The number of anilines is 1. The van der Waals surface area contributed by atoms with E-state index in [-0.39, 0.29) is 16.2 Å². The Morgan fingerprint density at radius 2 is 1.37 bits per heavy atom. The molecule has 0 saturated carbocycles. The number of nitrogens with one attached hydrogen (secondary N) is 1. The fourth-order valence-electron chi connectivity index (χ4n) is 3.92. The van der Waals surface area contributed by atoms with Gasteiger partial charge in [-0.3, -0.25) is 19.8 Å². The largest absolute Gasteiger partial charge is 0.478 e. The number of thiocarbonyl (C=S) groups is 1. The Kier molecular flexibility index (Phi) is 6.80. The zero-order valence-corrected chi connectivity index (χ0v) is 20.6. The van der Waals surface area contributed by atoms with Crippen molar-refractivity contribution in [2.75, 3.05) is 4.90 Å². The molecule has 0 atom stereocenters. The highest BCUT2D eigenvalue weighted by atomic mass is 32.1. The Morgan fingerprint density at radius 1 is 0.789 bits per heavy atom. The van der Waals surface area contributed by atoms with Gasteiger partial charge in [0.15, 0.2) is 5.11 Å². The van der Waals surface area contributed by atoms with E-state index in [0.29, 0.717) is 22.7 Å². The molecule has 38 heavy (non-hydrogen) atoms. The minimum atomic E-state index is -0.987. The molecule has 4 aromatic carbocycles. The van der Waals surface area contributed by atoms with E-state index < -0.39 is 17.8 Å². The molecule has 4 aromatic rings. The SMILES string of the molecule is O=C1NC(=S)N(c2ccc(Oc3ccccc3)cc2)C(=O)C1=Cc1ccc(-c2ccc(C(=O)O)cc2)cc1. The number of carbonyl (C=O) groups is 3. The standard InChI is InChI=1S/C30H20N2O5S/c33-27-26(18-19-6-8-20(9-7-19)21-10-12-22(13-11-21)29(35)36)28(34)32(30(38)31-27)23-14-16-25(17-15-23)37-24-4-2-1-3-5-24/h1-18H,(H,35,36)(H,31,33,38). The van der Waals surface area contributed by atoms with Gasteiger partial charge in [-0.1, -0.05) is 54.6 Å². The molecule has 2 N–H and O–H groups in total. The van der Waals surface area contributed by atoms with Crippen LogP contribution in [0.5, 0.6) is 11.5 Å². The number of nitrogens with zero attached hydrogens (tertiary/aromatic N) is 1. The zero-order chi connectivity index (χ0) is 26.6. The molecule has 7 nitrogen and oxygen atoms in total. The van der Waals surface area contributed by atoms with Gasteiger partial charge in [0.1, 0.15) is 17.1 Å². The number of benzene rings is 4. The highest BCUT2D eigenvalue weighted by Gasteiger charge is 2.34. The maximum atomic E-state index is 13.3. The number of hydrogen-bond acceptors (Lipinski definition) is 5. The van der Waals surface area contributed by atoms with Crippen LogP contribution >= 0.6 is 12.2 Å². The van der Waals surface area contributed by atoms with Crippen LogP contribution in [0.4, 0.5) is 5.69 Å². The van der Waals surface area contributed by atoms with E-state index in [1.807, 2.05) is 42.5 Å². The molecule has 0 bridgehead atoms. The molecule has 8 heteroatoms. The van der Waals surface area contributed by atoms with Crippen molar-refractivity contribution in [1.29, 1.82) is 0 Å². The number of hydrogen-bond donors (Lipinski definition) is 2. The third-order valence-corrected chi connectivity index (χ3v) is 6.15. The van der Waals surface area contributed by atoms with E-state index in [0.717, 1.165) is 11.1 Å². The van der Waals surface area contributed by atoms with Crippen molar-refractivity contribution in [3.8, 4) is 22.6 Å². The van der Waals surface area contributed by atoms with Crippen molar-refractivity contribution in [1.82, 2.24) is 5.32 Å². The van der Waals surface area contributed by atoms with Crippen LogP contribution in [-0.2, 0) is 9.59 Å². The number of carbonyl (C=O) groups excluding carboxylic acids is 2. The fraction of sp³-hybridized carbons (Fsp3) is 0. The van der Waals surface area contributed by atoms with Crippen molar-refractivity contribution >= 4 is 46.9 Å². The molecule has 2 amide bonds. The van der Waals surface area contributed by atoms with Crippen molar-refractivity contribution < 1.29 is 24.2 Å². The predicted molar refractivity (Wildman–Crippen MR) is 148 cm³/mol. The summed E-state index contributed by atoms with van der Waals surface area (Å²) in [6.07, 6.45) is 1.51. The van der Waals surface area contributed by atoms with E-state index in [1.165, 1.54) is 23.1 Å². The van der Waals surface area contributed by atoms with Gasteiger partial charge in [-0.2, -0.15) is 0 Å². The lowest BCUT2D eigenvalue weighted by Crippen LogP contribution is -2.54. The van der Waals surface area contributed by atoms with Crippen molar-refractivity contribution in [3.05, 3.63) is 120 Å². The lowest BCUT2D eigenvalue weighted by molar-refractivity contribution is -0.122. The van der Waals surface area contributed by atoms with Gasteiger partial charge >= 0.3 is 5.97 Å². The second-order valence-corrected chi connectivity index (χ2v) is 8.76. The molecule has 0 aromatic heterocycles. The number of rotatable bonds is 6. The number of amides is 2. The Balaban J connectivity index is 1.35. The summed E-state index contributed by atoms with van der Waals surface area (Å²) >= 11 is 5.29. The van der Waals surface area contributed by atoms with E-state index in [4.69, 9.17) is 22.1 Å². The molecule has 186 valence electrons. The summed E-state index contributed by atoms with van der Waals surface area (Å²) in [5.74, 6) is -0.824. The van der Waals surface area contributed by atoms with Crippen molar-refractivity contribution in [2.45, 2.75) is 0 Å². The maximum absolute atomic E-state index is 13.3. The second kappa shape index (κ2) is 10.5. The third kappa shape index (κ3) is 5.21. The number of aromatic carboxylic acids is 1. The fourth-order valence-corrected chi connectivity index (χ4v) is 4.20. The molecule has 0 aliphatic carbocycles. The summed E-state index contributed by atoms with van der Waals surface area (Å²) in [6, 6.07) is 29.9. The minimum Gasteiger partial charge on any atom is -0.478 e. The first kappa shape index (κ1) is 24.6. The van der Waals surface area contributed by atoms with Crippen LogP contribution in [0.15, 0.2) is 109 Å². The number of carboxylic acid groups (broad SMARTS) is 1. The van der Waals surface area contributed by atoms with E-state index in [2.05, 4.69) is 5.32 Å². The van der Waals surface area contributed by atoms with E-state index in [1.54, 1.807) is 48.5 Å². The average molecular weight is 521 g/mol. The highest BCUT2D eigenvalue weighted by Crippen LogP contribution is 2.27.